The molecule has 0 aliphatic heterocycles. The zero-order chi connectivity index (χ0) is 19.3. The first kappa shape index (κ1) is 28.7. The molecular weight excluding hydrogens is 379 g/mol. The maximum Gasteiger partial charge on any atom is 1.00 e. The van der Waals surface area contributed by atoms with Crippen LogP contribution < -0.4 is 29.6 Å². The molecule has 15 heteroatoms. The zero-order valence-corrected chi connectivity index (χ0v) is 16.0. The predicted molar refractivity (Wildman–Crippen MR) is 75.0 cm³/mol. The van der Waals surface area contributed by atoms with Crippen LogP contribution in [0.3, 0.4) is 0 Å². The summed E-state index contributed by atoms with van der Waals surface area (Å²) in [5, 5.41) is 34.5. The van der Waals surface area contributed by atoms with Crippen molar-refractivity contribution in [2.45, 2.75) is 0 Å². The van der Waals surface area contributed by atoms with Gasteiger partial charge in [-0.1, -0.05) is 0 Å². The molecule has 0 spiro atoms. The fraction of sp³-hybridized carbons (Fsp3) is 0.600. The molecule has 1 atom stereocenters. The second-order valence-corrected chi connectivity index (χ2v) is 4.65. The largest absolute Gasteiger partial charge is 1.00 e. The number of hydrogen-bond donors (Lipinski definition) is 5. The van der Waals surface area contributed by atoms with E-state index in [-0.39, 0.29) is 42.6 Å². The Labute approximate surface area is 166 Å². The minimum Gasteiger partial charge on any atom is -0.750 e. The molecule has 0 radical (unpaired) electrons. The van der Waals surface area contributed by atoms with Gasteiger partial charge in [-0.25, -0.2) is 4.21 Å². The number of carboxylic acid groups (broad SMARTS) is 4. The summed E-state index contributed by atoms with van der Waals surface area (Å²) in [7, 11) is 0. The average Bonchev–Trinajstić information content (AvgIpc) is 2.32. The topological polar surface area (TPSA) is 216 Å². The first-order valence-corrected chi connectivity index (χ1v) is 7.07. The van der Waals surface area contributed by atoms with Crippen molar-refractivity contribution in [2.75, 3.05) is 39.3 Å². The SMILES string of the molecule is O=C(O)CN(CCN(CC(=O)O)CC(=O)O)CC(=O)O.O=S([O-])O.[Na+]. The smallest absolute Gasteiger partial charge is 0.750 e. The molecule has 0 bridgehead atoms. The Kier molecular flexibility index (Phi) is 18.7. The maximum atomic E-state index is 10.6. The second kappa shape index (κ2) is 16.3. The molecule has 0 saturated carbocycles. The van der Waals surface area contributed by atoms with Crippen LogP contribution in [0.1, 0.15) is 0 Å². The van der Waals surface area contributed by atoms with Crippen molar-refractivity contribution in [3.8, 4) is 0 Å². The Bertz CT molecular complexity index is 404. The Morgan fingerprint density at radius 3 is 1.00 bits per heavy atom. The van der Waals surface area contributed by atoms with Crippen LogP contribution in [-0.4, -0.2) is 107 Å². The maximum absolute atomic E-state index is 10.6. The molecule has 13 nitrogen and oxygen atoms in total. The standard InChI is InChI=1S/C10H16N2O8.Na.H2O3S/c13-7(14)3-11(4-8(15)16)1-2-12(5-9(17)18)6-10(19)20;;1-4(2)3/h1-6H2,(H,13,14)(H,15,16)(H,17,18)(H,19,20);;(H2,1,2,3)/q;+1;/p-1. The van der Waals surface area contributed by atoms with Gasteiger partial charge in [0.2, 0.25) is 0 Å². The summed E-state index contributed by atoms with van der Waals surface area (Å²) in [5.41, 5.74) is 0. The number of aliphatic carboxylic acids is 4. The van der Waals surface area contributed by atoms with Crippen molar-refractivity contribution in [3.63, 3.8) is 0 Å². The van der Waals surface area contributed by atoms with Crippen LogP contribution in [0.4, 0.5) is 0 Å². The molecule has 0 heterocycles. The Morgan fingerprint density at radius 1 is 0.720 bits per heavy atom. The molecule has 0 aromatic carbocycles. The molecule has 0 rings (SSSR count). The molecule has 0 fully saturated rings. The molecule has 140 valence electrons. The summed E-state index contributed by atoms with van der Waals surface area (Å²) >= 11 is -2.86. The minimum atomic E-state index is -2.86. The molecule has 0 aromatic rings. The van der Waals surface area contributed by atoms with E-state index in [1.54, 1.807) is 0 Å². The van der Waals surface area contributed by atoms with Crippen LogP contribution in [0.5, 0.6) is 0 Å². The quantitative estimate of drug-likeness (QED) is 0.163. The first-order chi connectivity index (χ1) is 10.9. The third kappa shape index (κ3) is 25.2. The van der Waals surface area contributed by atoms with Crippen LogP contribution in [0.15, 0.2) is 0 Å². The van der Waals surface area contributed by atoms with Crippen molar-refractivity contribution < 1.29 is 82.5 Å². The summed E-state index contributed by atoms with van der Waals surface area (Å²) in [6.45, 7) is -2.25. The number of carboxylic acids is 4. The second-order valence-electron chi connectivity index (χ2n) is 4.21. The van der Waals surface area contributed by atoms with Crippen LogP contribution in [-0.2, 0) is 30.5 Å². The Balaban J connectivity index is -0.000000867. The van der Waals surface area contributed by atoms with Crippen LogP contribution in [0.25, 0.3) is 0 Å². The fourth-order valence-corrected chi connectivity index (χ4v) is 1.48. The zero-order valence-electron chi connectivity index (χ0n) is 13.2. The first-order valence-electron chi connectivity index (χ1n) is 6.04. The van der Waals surface area contributed by atoms with Gasteiger partial charge in [-0.2, -0.15) is 0 Å². The number of hydrogen-bond acceptors (Lipinski definition) is 8. The van der Waals surface area contributed by atoms with Crippen LogP contribution in [0, 0.1) is 0 Å². The Morgan fingerprint density at radius 2 is 0.880 bits per heavy atom. The van der Waals surface area contributed by atoms with Crippen molar-refractivity contribution in [3.05, 3.63) is 0 Å². The monoisotopic (exact) mass is 396 g/mol. The van der Waals surface area contributed by atoms with Crippen LogP contribution in [0.2, 0.25) is 0 Å². The molecule has 25 heavy (non-hydrogen) atoms. The summed E-state index contributed by atoms with van der Waals surface area (Å²) in [6.07, 6.45) is 0. The van der Waals surface area contributed by atoms with E-state index in [0.717, 1.165) is 9.80 Å². The van der Waals surface area contributed by atoms with Crippen molar-refractivity contribution >= 4 is 35.2 Å². The van der Waals surface area contributed by atoms with Gasteiger partial charge in [0.05, 0.1) is 37.5 Å². The predicted octanol–water partition coefficient (Wildman–Crippen LogP) is -5.73. The van der Waals surface area contributed by atoms with Crippen molar-refractivity contribution in [2.24, 2.45) is 0 Å². The van der Waals surface area contributed by atoms with E-state index in [1.165, 1.54) is 0 Å². The molecule has 0 aromatic heterocycles. The number of rotatable bonds is 11. The molecule has 0 saturated heterocycles. The van der Waals surface area contributed by atoms with Gasteiger partial charge in [0, 0.05) is 13.1 Å². The fourth-order valence-electron chi connectivity index (χ4n) is 1.48. The van der Waals surface area contributed by atoms with Crippen molar-refractivity contribution in [1.82, 2.24) is 9.80 Å². The minimum absolute atomic E-state index is 0. The van der Waals surface area contributed by atoms with E-state index < -0.39 is 61.4 Å². The molecule has 0 aliphatic rings. The van der Waals surface area contributed by atoms with Crippen LogP contribution >= 0.6 is 0 Å². The van der Waals surface area contributed by atoms with Crippen molar-refractivity contribution in [1.29, 1.82) is 0 Å². The molecule has 5 N–H and O–H groups in total. The summed E-state index contributed by atoms with van der Waals surface area (Å²) in [6, 6.07) is 0. The molecule has 0 amide bonds. The third-order valence-electron chi connectivity index (χ3n) is 2.17. The summed E-state index contributed by atoms with van der Waals surface area (Å²) in [5.74, 6) is -4.91. The van der Waals surface area contributed by atoms with E-state index >= 15 is 0 Å². The summed E-state index contributed by atoms with van der Waals surface area (Å²) < 4.78 is 24.1. The van der Waals surface area contributed by atoms with Gasteiger partial charge in [0.25, 0.3) is 0 Å². The summed E-state index contributed by atoms with van der Waals surface area (Å²) in [4.78, 5) is 44.4. The van der Waals surface area contributed by atoms with E-state index in [4.69, 9.17) is 33.7 Å². The Hall–Kier alpha value is -1.13. The normalized spacial score (nSPS) is 11.0. The van der Waals surface area contributed by atoms with E-state index in [2.05, 4.69) is 0 Å². The molecule has 0 aliphatic carbocycles. The van der Waals surface area contributed by atoms with Gasteiger partial charge in [0.1, 0.15) is 0 Å². The van der Waals surface area contributed by atoms with Gasteiger partial charge in [-0.05, 0) is 0 Å². The van der Waals surface area contributed by atoms with E-state index in [9.17, 15) is 19.2 Å². The van der Waals surface area contributed by atoms with Gasteiger partial charge in [-0.15, -0.1) is 0 Å². The number of nitrogens with zero attached hydrogens (tertiary/aromatic N) is 2. The molecule has 1 unspecified atom stereocenters. The van der Waals surface area contributed by atoms with E-state index in [1.807, 2.05) is 0 Å². The van der Waals surface area contributed by atoms with Gasteiger partial charge >= 0.3 is 53.4 Å². The third-order valence-corrected chi connectivity index (χ3v) is 2.17. The number of carbonyl (C=O) groups is 4. The van der Waals surface area contributed by atoms with E-state index in [0.29, 0.717) is 0 Å². The van der Waals surface area contributed by atoms with Gasteiger partial charge < -0.3 is 29.5 Å². The van der Waals surface area contributed by atoms with Gasteiger partial charge in [0.15, 0.2) is 0 Å². The van der Waals surface area contributed by atoms with Gasteiger partial charge in [-0.3, -0.25) is 29.0 Å². The molecular formula is C10H17N2NaO11S. The average molecular weight is 396 g/mol.